The van der Waals surface area contributed by atoms with Crippen molar-refractivity contribution in [2.45, 2.75) is 13.8 Å². The van der Waals surface area contributed by atoms with Crippen LogP contribution in [0.25, 0.3) is 5.82 Å². The molecule has 0 unspecified atom stereocenters. The van der Waals surface area contributed by atoms with E-state index in [2.05, 4.69) is 41.3 Å². The quantitative estimate of drug-likeness (QED) is 0.538. The minimum Gasteiger partial charge on any atom is -0.319 e. The molecule has 0 saturated heterocycles. The van der Waals surface area contributed by atoms with Gasteiger partial charge < -0.3 is 5.32 Å². The summed E-state index contributed by atoms with van der Waals surface area (Å²) in [7, 11) is 0. The molecule has 9 nitrogen and oxygen atoms in total. The number of hydrogen-bond acceptors (Lipinski definition) is 7. The van der Waals surface area contributed by atoms with Crippen LogP contribution in [0.15, 0.2) is 35.2 Å². The molecule has 0 aliphatic rings. The van der Waals surface area contributed by atoms with E-state index in [-0.39, 0.29) is 17.3 Å². The third-order valence-corrected chi connectivity index (χ3v) is 3.64. The number of nitrogens with one attached hydrogen (secondary N) is 1. The minimum absolute atomic E-state index is 0.0485. The molecular formula is C14H12BrN7O2. The normalized spacial score (nSPS) is 10.6. The van der Waals surface area contributed by atoms with E-state index in [9.17, 15) is 10.1 Å². The molecule has 0 spiro atoms. The Morgan fingerprint density at radius 2 is 2.04 bits per heavy atom. The molecule has 0 aliphatic carbocycles. The molecule has 3 heterocycles. The Morgan fingerprint density at radius 3 is 2.62 bits per heavy atom. The Kier molecular flexibility index (Phi) is 4.21. The highest BCUT2D eigenvalue weighted by molar-refractivity contribution is 9.10. The van der Waals surface area contributed by atoms with Gasteiger partial charge in [-0.05, 0) is 48.0 Å². The summed E-state index contributed by atoms with van der Waals surface area (Å²) >= 11 is 3.29. The van der Waals surface area contributed by atoms with Crippen LogP contribution in [0.3, 0.4) is 0 Å². The molecule has 0 amide bonds. The van der Waals surface area contributed by atoms with E-state index in [1.807, 2.05) is 6.07 Å². The van der Waals surface area contributed by atoms with Crippen LogP contribution in [0.2, 0.25) is 0 Å². The number of halogens is 1. The number of anilines is 2. The molecule has 3 aromatic rings. The Hall–Kier alpha value is -2.88. The third-order valence-electron chi connectivity index (χ3n) is 3.17. The third kappa shape index (κ3) is 3.08. The molecule has 0 saturated carbocycles. The molecule has 10 heteroatoms. The van der Waals surface area contributed by atoms with E-state index in [1.165, 1.54) is 11.0 Å². The van der Waals surface area contributed by atoms with Crippen LogP contribution in [-0.4, -0.2) is 29.7 Å². The number of aryl methyl sites for hydroxylation is 2. The standard InChI is InChI=1S/C14H12BrN7O2/c1-8-5-9(2)21(20-8)14-12(22(23)24)13(17-7-18-14)19-11-4-3-10(15)6-16-11/h3-7H,1-2H3,(H,16,17,18,19). The monoisotopic (exact) mass is 389 g/mol. The smallest absolute Gasteiger partial charge is 0.319 e. The number of nitro groups is 1. The predicted octanol–water partition coefficient (Wildman–Crippen LogP) is 3.09. The lowest BCUT2D eigenvalue weighted by atomic mass is 10.3. The zero-order valence-corrected chi connectivity index (χ0v) is 14.4. The fraction of sp³-hybridized carbons (Fsp3) is 0.143. The molecule has 0 radical (unpaired) electrons. The van der Waals surface area contributed by atoms with Crippen molar-refractivity contribution in [2.75, 3.05) is 5.32 Å². The van der Waals surface area contributed by atoms with Crippen molar-refractivity contribution in [1.82, 2.24) is 24.7 Å². The Labute approximate surface area is 145 Å². The molecule has 3 rings (SSSR count). The van der Waals surface area contributed by atoms with E-state index in [4.69, 9.17) is 0 Å². The van der Waals surface area contributed by atoms with Gasteiger partial charge >= 0.3 is 5.69 Å². The first-order valence-electron chi connectivity index (χ1n) is 6.87. The maximum absolute atomic E-state index is 11.6. The van der Waals surface area contributed by atoms with Crippen LogP contribution in [0.5, 0.6) is 0 Å². The first-order chi connectivity index (χ1) is 11.5. The molecule has 122 valence electrons. The molecule has 0 atom stereocenters. The van der Waals surface area contributed by atoms with Gasteiger partial charge in [0.05, 0.1) is 10.6 Å². The summed E-state index contributed by atoms with van der Waals surface area (Å²) in [4.78, 5) is 23.2. The van der Waals surface area contributed by atoms with E-state index in [0.717, 1.165) is 15.9 Å². The average molecular weight is 390 g/mol. The van der Waals surface area contributed by atoms with Crippen LogP contribution < -0.4 is 5.32 Å². The highest BCUT2D eigenvalue weighted by Gasteiger charge is 2.26. The van der Waals surface area contributed by atoms with Gasteiger partial charge in [0.25, 0.3) is 0 Å². The lowest BCUT2D eigenvalue weighted by molar-refractivity contribution is -0.384. The Morgan fingerprint density at radius 1 is 1.25 bits per heavy atom. The molecule has 0 aromatic carbocycles. The molecule has 0 aliphatic heterocycles. The van der Waals surface area contributed by atoms with E-state index < -0.39 is 4.92 Å². The minimum atomic E-state index is -0.535. The van der Waals surface area contributed by atoms with Gasteiger partial charge in [-0.1, -0.05) is 0 Å². The van der Waals surface area contributed by atoms with Crippen molar-refractivity contribution < 1.29 is 4.92 Å². The van der Waals surface area contributed by atoms with Gasteiger partial charge in [0.2, 0.25) is 11.6 Å². The molecule has 24 heavy (non-hydrogen) atoms. The fourth-order valence-corrected chi connectivity index (χ4v) is 2.43. The summed E-state index contributed by atoms with van der Waals surface area (Å²) in [6.07, 6.45) is 2.83. The van der Waals surface area contributed by atoms with Gasteiger partial charge in [-0.25, -0.2) is 19.6 Å². The number of nitrogens with zero attached hydrogens (tertiary/aromatic N) is 6. The number of aromatic nitrogens is 5. The second-order valence-corrected chi connectivity index (χ2v) is 5.89. The van der Waals surface area contributed by atoms with Gasteiger partial charge in [0.15, 0.2) is 0 Å². The van der Waals surface area contributed by atoms with Crippen molar-refractivity contribution in [3.05, 3.63) is 56.7 Å². The molecule has 1 N–H and O–H groups in total. The zero-order chi connectivity index (χ0) is 17.3. The summed E-state index contributed by atoms with van der Waals surface area (Å²) in [6.45, 7) is 3.61. The second-order valence-electron chi connectivity index (χ2n) is 4.98. The van der Waals surface area contributed by atoms with Crippen LogP contribution in [0.1, 0.15) is 11.4 Å². The first-order valence-corrected chi connectivity index (χ1v) is 7.66. The van der Waals surface area contributed by atoms with Crippen LogP contribution >= 0.6 is 15.9 Å². The molecule has 3 aromatic heterocycles. The van der Waals surface area contributed by atoms with Crippen molar-refractivity contribution >= 4 is 33.3 Å². The second kappa shape index (κ2) is 6.32. The lowest BCUT2D eigenvalue weighted by Crippen LogP contribution is -2.10. The van der Waals surface area contributed by atoms with Gasteiger partial charge in [0, 0.05) is 16.4 Å². The van der Waals surface area contributed by atoms with Crippen LogP contribution in [-0.2, 0) is 0 Å². The Bertz CT molecular complexity index is 908. The highest BCUT2D eigenvalue weighted by Crippen LogP contribution is 2.30. The first kappa shape index (κ1) is 16.0. The summed E-state index contributed by atoms with van der Waals surface area (Å²) in [6, 6.07) is 5.26. The zero-order valence-electron chi connectivity index (χ0n) is 12.8. The lowest BCUT2D eigenvalue weighted by Gasteiger charge is -2.09. The van der Waals surface area contributed by atoms with E-state index in [1.54, 1.807) is 32.2 Å². The largest absolute Gasteiger partial charge is 0.356 e. The average Bonchev–Trinajstić information content (AvgIpc) is 2.87. The van der Waals surface area contributed by atoms with Crippen molar-refractivity contribution in [1.29, 1.82) is 0 Å². The summed E-state index contributed by atoms with van der Waals surface area (Å²) in [5, 5.41) is 18.7. The number of rotatable bonds is 4. The molecule has 0 fully saturated rings. The number of pyridine rings is 1. The topological polar surface area (TPSA) is 112 Å². The Balaban J connectivity index is 2.10. The SMILES string of the molecule is Cc1cc(C)n(-c2ncnc(Nc3ccc(Br)cn3)c2[N+](=O)[O-])n1. The van der Waals surface area contributed by atoms with Gasteiger partial charge in [-0.15, -0.1) is 0 Å². The summed E-state index contributed by atoms with van der Waals surface area (Å²) in [5.41, 5.74) is 1.21. The predicted molar refractivity (Wildman–Crippen MR) is 90.5 cm³/mol. The van der Waals surface area contributed by atoms with Gasteiger partial charge in [-0.3, -0.25) is 10.1 Å². The van der Waals surface area contributed by atoms with Gasteiger partial charge in [0.1, 0.15) is 12.1 Å². The highest BCUT2D eigenvalue weighted by atomic mass is 79.9. The maximum Gasteiger partial charge on any atom is 0.356 e. The van der Waals surface area contributed by atoms with Crippen molar-refractivity contribution in [3.63, 3.8) is 0 Å². The maximum atomic E-state index is 11.6. The van der Waals surface area contributed by atoms with Crippen LogP contribution in [0, 0.1) is 24.0 Å². The van der Waals surface area contributed by atoms with E-state index >= 15 is 0 Å². The molecular weight excluding hydrogens is 378 g/mol. The van der Waals surface area contributed by atoms with E-state index in [0.29, 0.717) is 5.82 Å². The summed E-state index contributed by atoms with van der Waals surface area (Å²) < 4.78 is 2.23. The van der Waals surface area contributed by atoms with Gasteiger partial charge in [-0.2, -0.15) is 5.10 Å². The van der Waals surface area contributed by atoms with Crippen LogP contribution in [0.4, 0.5) is 17.3 Å². The van der Waals surface area contributed by atoms with Crippen molar-refractivity contribution in [3.8, 4) is 5.82 Å². The molecule has 0 bridgehead atoms. The van der Waals surface area contributed by atoms with Crippen molar-refractivity contribution in [2.24, 2.45) is 0 Å². The summed E-state index contributed by atoms with van der Waals surface area (Å²) in [5.74, 6) is 0.576. The number of hydrogen-bond donors (Lipinski definition) is 1. The fourth-order valence-electron chi connectivity index (χ4n) is 2.20.